The van der Waals surface area contributed by atoms with Crippen LogP contribution in [0.1, 0.15) is 64.9 Å². The van der Waals surface area contributed by atoms with E-state index in [0.29, 0.717) is 0 Å². The SMILES string of the molecule is CCCCC(C)(CCCC)c1cncnc1. The van der Waals surface area contributed by atoms with Gasteiger partial charge in [0, 0.05) is 12.4 Å². The van der Waals surface area contributed by atoms with Gasteiger partial charge in [-0.2, -0.15) is 0 Å². The molecule has 0 radical (unpaired) electrons. The Labute approximate surface area is 99.5 Å². The van der Waals surface area contributed by atoms with Gasteiger partial charge in [0.05, 0.1) is 0 Å². The quantitative estimate of drug-likeness (QED) is 0.691. The molecule has 1 aromatic rings. The molecular weight excluding hydrogens is 196 g/mol. The molecule has 0 aliphatic rings. The standard InChI is InChI=1S/C14H24N2/c1-4-6-8-14(3,9-7-5-2)13-10-15-12-16-11-13/h10-12H,4-9H2,1-3H3. The van der Waals surface area contributed by atoms with Gasteiger partial charge in [-0.15, -0.1) is 0 Å². The smallest absolute Gasteiger partial charge is 0.115 e. The Morgan fingerprint density at radius 1 is 1.00 bits per heavy atom. The average Bonchev–Trinajstić information content (AvgIpc) is 2.35. The third-order valence-electron chi connectivity index (χ3n) is 3.42. The first-order chi connectivity index (χ1) is 7.73. The fourth-order valence-electron chi connectivity index (χ4n) is 2.16. The van der Waals surface area contributed by atoms with Gasteiger partial charge in [0.1, 0.15) is 6.33 Å². The second-order valence-electron chi connectivity index (χ2n) is 4.89. The minimum absolute atomic E-state index is 0.271. The topological polar surface area (TPSA) is 25.8 Å². The molecule has 0 aliphatic carbocycles. The van der Waals surface area contributed by atoms with Crippen molar-refractivity contribution in [1.29, 1.82) is 0 Å². The molecule has 2 nitrogen and oxygen atoms in total. The van der Waals surface area contributed by atoms with Crippen molar-refractivity contribution < 1.29 is 0 Å². The molecule has 0 bridgehead atoms. The molecule has 2 heteroatoms. The van der Waals surface area contributed by atoms with E-state index in [2.05, 4.69) is 30.7 Å². The predicted molar refractivity (Wildman–Crippen MR) is 68.4 cm³/mol. The van der Waals surface area contributed by atoms with Crippen LogP contribution < -0.4 is 0 Å². The number of rotatable bonds is 7. The third kappa shape index (κ3) is 3.58. The van der Waals surface area contributed by atoms with E-state index in [1.807, 2.05) is 12.4 Å². The molecule has 0 saturated carbocycles. The Balaban J connectivity index is 2.77. The lowest BCUT2D eigenvalue weighted by Crippen LogP contribution is -2.22. The highest BCUT2D eigenvalue weighted by atomic mass is 14.8. The van der Waals surface area contributed by atoms with Crippen LogP contribution in [0.3, 0.4) is 0 Å². The highest BCUT2D eigenvalue weighted by Crippen LogP contribution is 2.33. The van der Waals surface area contributed by atoms with Gasteiger partial charge in [0.15, 0.2) is 0 Å². The first-order valence-corrected chi connectivity index (χ1v) is 6.48. The molecule has 0 unspecified atom stereocenters. The molecule has 0 aliphatic heterocycles. The molecule has 1 heterocycles. The van der Waals surface area contributed by atoms with Crippen molar-refractivity contribution in [3.8, 4) is 0 Å². The second kappa shape index (κ2) is 6.62. The maximum absolute atomic E-state index is 4.16. The molecule has 1 rings (SSSR count). The molecule has 0 atom stereocenters. The fourth-order valence-corrected chi connectivity index (χ4v) is 2.16. The van der Waals surface area contributed by atoms with Gasteiger partial charge in [0.2, 0.25) is 0 Å². The highest BCUT2D eigenvalue weighted by molar-refractivity contribution is 5.17. The minimum Gasteiger partial charge on any atom is -0.245 e. The van der Waals surface area contributed by atoms with Gasteiger partial charge < -0.3 is 0 Å². The molecule has 0 saturated heterocycles. The van der Waals surface area contributed by atoms with E-state index in [0.717, 1.165) is 0 Å². The van der Waals surface area contributed by atoms with Crippen LogP contribution in [0.15, 0.2) is 18.7 Å². The lowest BCUT2D eigenvalue weighted by Gasteiger charge is -2.29. The summed E-state index contributed by atoms with van der Waals surface area (Å²) in [5.41, 5.74) is 1.57. The van der Waals surface area contributed by atoms with E-state index in [4.69, 9.17) is 0 Å². The molecule has 16 heavy (non-hydrogen) atoms. The van der Waals surface area contributed by atoms with Gasteiger partial charge in [-0.1, -0.05) is 46.5 Å². The summed E-state index contributed by atoms with van der Waals surface area (Å²) in [6.45, 7) is 6.86. The summed E-state index contributed by atoms with van der Waals surface area (Å²) in [5, 5.41) is 0. The normalized spacial score (nSPS) is 11.7. The summed E-state index contributed by atoms with van der Waals surface area (Å²) in [7, 11) is 0. The summed E-state index contributed by atoms with van der Waals surface area (Å²) < 4.78 is 0. The highest BCUT2D eigenvalue weighted by Gasteiger charge is 2.25. The second-order valence-corrected chi connectivity index (χ2v) is 4.89. The van der Waals surface area contributed by atoms with Crippen molar-refractivity contribution in [1.82, 2.24) is 9.97 Å². The summed E-state index contributed by atoms with van der Waals surface area (Å²) in [6.07, 6.45) is 13.2. The molecule has 1 aromatic heterocycles. The van der Waals surface area contributed by atoms with Crippen molar-refractivity contribution in [2.45, 2.75) is 64.7 Å². The van der Waals surface area contributed by atoms with E-state index in [1.54, 1.807) is 6.33 Å². The minimum atomic E-state index is 0.271. The zero-order chi connectivity index (χ0) is 11.9. The molecule has 0 spiro atoms. The molecule has 0 fully saturated rings. The summed E-state index contributed by atoms with van der Waals surface area (Å²) in [5.74, 6) is 0. The Hall–Kier alpha value is -0.920. The molecule has 0 amide bonds. The van der Waals surface area contributed by atoms with Crippen LogP contribution in [0.4, 0.5) is 0 Å². The Morgan fingerprint density at radius 3 is 1.94 bits per heavy atom. The number of hydrogen-bond donors (Lipinski definition) is 0. The monoisotopic (exact) mass is 220 g/mol. The first kappa shape index (κ1) is 13.1. The van der Waals surface area contributed by atoms with Crippen LogP contribution in [-0.4, -0.2) is 9.97 Å². The van der Waals surface area contributed by atoms with Crippen molar-refractivity contribution in [3.63, 3.8) is 0 Å². The van der Waals surface area contributed by atoms with Crippen molar-refractivity contribution in [2.24, 2.45) is 0 Å². The summed E-state index contributed by atoms with van der Waals surface area (Å²) in [6, 6.07) is 0. The maximum Gasteiger partial charge on any atom is 0.115 e. The molecule has 90 valence electrons. The molecular formula is C14H24N2. The van der Waals surface area contributed by atoms with Gasteiger partial charge >= 0.3 is 0 Å². The number of aromatic nitrogens is 2. The zero-order valence-electron chi connectivity index (χ0n) is 10.9. The van der Waals surface area contributed by atoms with Gasteiger partial charge in [-0.05, 0) is 23.8 Å². The fraction of sp³-hybridized carbons (Fsp3) is 0.714. The van der Waals surface area contributed by atoms with Gasteiger partial charge in [-0.3, -0.25) is 0 Å². The van der Waals surface area contributed by atoms with Crippen molar-refractivity contribution >= 4 is 0 Å². The lowest BCUT2D eigenvalue weighted by atomic mass is 9.75. The Morgan fingerprint density at radius 2 is 1.50 bits per heavy atom. The van der Waals surface area contributed by atoms with Crippen LogP contribution in [-0.2, 0) is 5.41 Å². The predicted octanol–water partition coefficient (Wildman–Crippen LogP) is 4.11. The van der Waals surface area contributed by atoms with Crippen LogP contribution in [0.25, 0.3) is 0 Å². The number of nitrogens with zero attached hydrogens (tertiary/aromatic N) is 2. The largest absolute Gasteiger partial charge is 0.245 e. The zero-order valence-corrected chi connectivity index (χ0v) is 10.9. The van der Waals surface area contributed by atoms with E-state index < -0.39 is 0 Å². The lowest BCUT2D eigenvalue weighted by molar-refractivity contribution is 0.372. The van der Waals surface area contributed by atoms with E-state index in [-0.39, 0.29) is 5.41 Å². The van der Waals surface area contributed by atoms with E-state index in [9.17, 15) is 0 Å². The average molecular weight is 220 g/mol. The number of hydrogen-bond acceptors (Lipinski definition) is 2. The number of unbranched alkanes of at least 4 members (excludes halogenated alkanes) is 2. The van der Waals surface area contributed by atoms with Gasteiger partial charge in [0.25, 0.3) is 0 Å². The molecule has 0 aromatic carbocycles. The van der Waals surface area contributed by atoms with E-state index in [1.165, 1.54) is 44.1 Å². The van der Waals surface area contributed by atoms with Crippen LogP contribution in [0.2, 0.25) is 0 Å². The Bertz CT molecular complexity index is 274. The summed E-state index contributed by atoms with van der Waals surface area (Å²) in [4.78, 5) is 8.31. The van der Waals surface area contributed by atoms with Crippen molar-refractivity contribution in [2.75, 3.05) is 0 Å². The van der Waals surface area contributed by atoms with Crippen LogP contribution in [0.5, 0.6) is 0 Å². The maximum atomic E-state index is 4.16. The van der Waals surface area contributed by atoms with Gasteiger partial charge in [-0.25, -0.2) is 9.97 Å². The first-order valence-electron chi connectivity index (χ1n) is 6.48. The summed E-state index contributed by atoms with van der Waals surface area (Å²) >= 11 is 0. The van der Waals surface area contributed by atoms with E-state index >= 15 is 0 Å². The van der Waals surface area contributed by atoms with Crippen molar-refractivity contribution in [3.05, 3.63) is 24.3 Å². The van der Waals surface area contributed by atoms with Crippen LogP contribution in [0, 0.1) is 0 Å². The Kier molecular flexibility index (Phi) is 5.44. The third-order valence-corrected chi connectivity index (χ3v) is 3.42. The van der Waals surface area contributed by atoms with Crippen LogP contribution >= 0.6 is 0 Å². The molecule has 0 N–H and O–H groups in total.